The molecular formula is C21H30F3N7O4. The molecule has 35 heavy (non-hydrogen) atoms. The second-order valence-electron chi connectivity index (χ2n) is 10.7. The summed E-state index contributed by atoms with van der Waals surface area (Å²) in [5.74, 6) is -4.87. The van der Waals surface area contributed by atoms with Gasteiger partial charge in [0.1, 0.15) is 18.1 Å². The van der Waals surface area contributed by atoms with E-state index in [0.717, 1.165) is 0 Å². The van der Waals surface area contributed by atoms with Gasteiger partial charge >= 0.3 is 12.1 Å². The van der Waals surface area contributed by atoms with Crippen molar-refractivity contribution in [2.75, 3.05) is 6.54 Å². The molecule has 1 aliphatic heterocycles. The first-order valence-electron chi connectivity index (χ1n) is 11.1. The van der Waals surface area contributed by atoms with Crippen molar-refractivity contribution in [3.8, 4) is 0 Å². The minimum absolute atomic E-state index is 0.0662. The standard InChI is InChI=1S/C21H30F3N7O4/c1-19(2,3)14(28-18(35)21(22,23)24)17(34)31-8-10-12(20(10,4)5)13(31)16(33)27-11(15(25)32)9-30-7-6-26-29-30/h6-7,10-14H,8-9H2,1-5H3,(H2,25,32)(H,27,33)(H,28,35)/t10-,11-,12-,13-,14+/m0/s1. The number of halogens is 3. The summed E-state index contributed by atoms with van der Waals surface area (Å²) in [6.45, 7) is 8.45. The lowest BCUT2D eigenvalue weighted by atomic mass is 9.85. The van der Waals surface area contributed by atoms with Gasteiger partial charge in [0.15, 0.2) is 0 Å². The van der Waals surface area contributed by atoms with E-state index >= 15 is 0 Å². The number of fused-ring (bicyclic) bond motifs is 1. The molecule has 0 unspecified atom stereocenters. The van der Waals surface area contributed by atoms with Crippen molar-refractivity contribution in [2.24, 2.45) is 28.4 Å². The molecule has 1 saturated carbocycles. The van der Waals surface area contributed by atoms with Crippen LogP contribution in [0.4, 0.5) is 13.2 Å². The molecule has 0 bridgehead atoms. The van der Waals surface area contributed by atoms with Crippen molar-refractivity contribution in [3.63, 3.8) is 0 Å². The molecule has 1 saturated heterocycles. The first kappa shape index (κ1) is 26.4. The Bertz CT molecular complexity index is 1000. The first-order chi connectivity index (χ1) is 16.0. The zero-order chi connectivity index (χ0) is 26.5. The third-order valence-corrected chi connectivity index (χ3v) is 6.91. The summed E-state index contributed by atoms with van der Waals surface area (Å²) in [7, 11) is 0. The molecule has 194 valence electrons. The van der Waals surface area contributed by atoms with Gasteiger partial charge in [-0.05, 0) is 22.7 Å². The number of nitrogens with two attached hydrogens (primary N) is 1. The lowest BCUT2D eigenvalue weighted by molar-refractivity contribution is -0.176. The highest BCUT2D eigenvalue weighted by molar-refractivity contribution is 5.96. The molecule has 11 nitrogen and oxygen atoms in total. The Morgan fingerprint density at radius 3 is 2.29 bits per heavy atom. The van der Waals surface area contributed by atoms with Gasteiger partial charge in [-0.3, -0.25) is 19.2 Å². The lowest BCUT2D eigenvalue weighted by Crippen LogP contribution is -2.61. The third kappa shape index (κ3) is 5.25. The minimum Gasteiger partial charge on any atom is -0.368 e. The molecule has 4 amide bonds. The van der Waals surface area contributed by atoms with Crippen LogP contribution in [0.25, 0.3) is 0 Å². The van der Waals surface area contributed by atoms with Crippen LogP contribution in [0.5, 0.6) is 0 Å². The van der Waals surface area contributed by atoms with Crippen LogP contribution in [0, 0.1) is 22.7 Å². The van der Waals surface area contributed by atoms with Crippen LogP contribution in [0.2, 0.25) is 0 Å². The first-order valence-corrected chi connectivity index (χ1v) is 11.1. The molecule has 2 heterocycles. The van der Waals surface area contributed by atoms with Crippen LogP contribution in [-0.2, 0) is 25.7 Å². The number of rotatable bonds is 7. The SMILES string of the molecule is CC(C)(C)[C@H](NC(=O)C(F)(F)F)C(=O)N1C[C@H]2[C@@H]([C@H]1C(=O)N[C@@H](Cn1ccnn1)C(N)=O)C2(C)C. The van der Waals surface area contributed by atoms with Crippen LogP contribution < -0.4 is 16.4 Å². The monoisotopic (exact) mass is 501 g/mol. The Morgan fingerprint density at radius 1 is 1.17 bits per heavy atom. The maximum absolute atomic E-state index is 13.5. The van der Waals surface area contributed by atoms with E-state index in [0.29, 0.717) is 0 Å². The number of carbonyl (C=O) groups is 4. The fraction of sp³-hybridized carbons (Fsp3) is 0.714. The van der Waals surface area contributed by atoms with E-state index in [-0.39, 0.29) is 30.3 Å². The second-order valence-corrected chi connectivity index (χ2v) is 10.7. The fourth-order valence-electron chi connectivity index (χ4n) is 4.82. The normalized spacial score (nSPS) is 24.8. The fourth-order valence-corrected chi connectivity index (χ4v) is 4.82. The molecule has 3 rings (SSSR count). The molecule has 5 atom stereocenters. The van der Waals surface area contributed by atoms with Crippen molar-refractivity contribution in [3.05, 3.63) is 12.4 Å². The minimum atomic E-state index is -5.17. The number of primary amides is 1. The van der Waals surface area contributed by atoms with Crippen molar-refractivity contribution in [2.45, 2.75) is 65.5 Å². The summed E-state index contributed by atoms with van der Waals surface area (Å²) < 4.78 is 40.1. The quantitative estimate of drug-likeness (QED) is 0.472. The Kier molecular flexibility index (Phi) is 6.63. The summed E-state index contributed by atoms with van der Waals surface area (Å²) in [6, 6.07) is -3.74. The van der Waals surface area contributed by atoms with Crippen molar-refractivity contribution in [1.29, 1.82) is 0 Å². The number of piperidine rings is 1. The highest BCUT2D eigenvalue weighted by Crippen LogP contribution is 2.65. The number of hydrogen-bond acceptors (Lipinski definition) is 6. The number of amides is 4. The van der Waals surface area contributed by atoms with E-state index in [1.54, 1.807) is 5.32 Å². The van der Waals surface area contributed by atoms with Gasteiger partial charge in [-0.2, -0.15) is 13.2 Å². The highest BCUT2D eigenvalue weighted by atomic mass is 19.4. The van der Waals surface area contributed by atoms with E-state index in [1.807, 2.05) is 13.8 Å². The molecule has 2 aliphatic rings. The molecule has 4 N–H and O–H groups in total. The summed E-state index contributed by atoms with van der Waals surface area (Å²) in [6.07, 6.45) is -2.31. The van der Waals surface area contributed by atoms with E-state index in [4.69, 9.17) is 5.73 Å². The third-order valence-electron chi connectivity index (χ3n) is 6.91. The Balaban J connectivity index is 1.85. The average Bonchev–Trinajstić information content (AvgIpc) is 3.16. The van der Waals surface area contributed by atoms with Gasteiger partial charge in [-0.25, -0.2) is 4.68 Å². The number of nitrogens with one attached hydrogen (secondary N) is 2. The van der Waals surface area contributed by atoms with Crippen molar-refractivity contribution in [1.82, 2.24) is 30.5 Å². The van der Waals surface area contributed by atoms with Crippen LogP contribution in [0.3, 0.4) is 0 Å². The topological polar surface area (TPSA) is 152 Å². The predicted molar refractivity (Wildman–Crippen MR) is 115 cm³/mol. The number of nitrogens with zero attached hydrogens (tertiary/aromatic N) is 4. The number of likely N-dealkylation sites (tertiary alicyclic amines) is 1. The molecular weight excluding hydrogens is 471 g/mol. The predicted octanol–water partition coefficient (Wildman–Crippen LogP) is -0.176. The molecule has 0 spiro atoms. The maximum Gasteiger partial charge on any atom is 0.471 e. The molecule has 1 aromatic heterocycles. The van der Waals surface area contributed by atoms with Crippen molar-refractivity contribution < 1.29 is 32.3 Å². The Morgan fingerprint density at radius 2 is 1.80 bits per heavy atom. The molecule has 14 heteroatoms. The smallest absolute Gasteiger partial charge is 0.368 e. The largest absolute Gasteiger partial charge is 0.471 e. The van der Waals surface area contributed by atoms with Gasteiger partial charge in [0.25, 0.3) is 0 Å². The zero-order valence-electron chi connectivity index (χ0n) is 20.1. The number of aromatic nitrogens is 3. The Hall–Kier alpha value is -3.19. The maximum atomic E-state index is 13.5. The molecule has 2 fully saturated rings. The second kappa shape index (κ2) is 8.79. The van der Waals surface area contributed by atoms with E-state index in [1.165, 1.54) is 42.7 Å². The van der Waals surface area contributed by atoms with Gasteiger partial charge in [0.2, 0.25) is 17.7 Å². The van der Waals surface area contributed by atoms with Gasteiger partial charge < -0.3 is 21.3 Å². The molecule has 0 aromatic carbocycles. The number of carbonyl (C=O) groups excluding carboxylic acids is 4. The van der Waals surface area contributed by atoms with E-state index in [9.17, 15) is 32.3 Å². The van der Waals surface area contributed by atoms with Gasteiger partial charge in [-0.15, -0.1) is 5.10 Å². The van der Waals surface area contributed by atoms with E-state index in [2.05, 4.69) is 15.6 Å². The van der Waals surface area contributed by atoms with Gasteiger partial charge in [-0.1, -0.05) is 39.8 Å². The molecule has 1 aliphatic carbocycles. The summed E-state index contributed by atoms with van der Waals surface area (Å²) in [4.78, 5) is 51.7. The molecule has 1 aromatic rings. The van der Waals surface area contributed by atoms with Gasteiger partial charge in [0.05, 0.1) is 12.7 Å². The van der Waals surface area contributed by atoms with Gasteiger partial charge in [0, 0.05) is 12.7 Å². The van der Waals surface area contributed by atoms with Crippen LogP contribution >= 0.6 is 0 Å². The summed E-state index contributed by atoms with van der Waals surface area (Å²) in [5.41, 5.74) is 4.07. The highest BCUT2D eigenvalue weighted by Gasteiger charge is 2.70. The number of hydrogen-bond donors (Lipinski definition) is 3. The van der Waals surface area contributed by atoms with Crippen LogP contribution in [0.15, 0.2) is 12.4 Å². The van der Waals surface area contributed by atoms with Crippen LogP contribution in [0.1, 0.15) is 34.6 Å². The zero-order valence-corrected chi connectivity index (χ0v) is 20.1. The van der Waals surface area contributed by atoms with E-state index < -0.39 is 53.3 Å². The number of alkyl halides is 3. The summed E-state index contributed by atoms with van der Waals surface area (Å²) >= 11 is 0. The van der Waals surface area contributed by atoms with Crippen LogP contribution in [-0.4, -0.2) is 74.4 Å². The Labute approximate surface area is 199 Å². The lowest BCUT2D eigenvalue weighted by Gasteiger charge is -2.38. The molecule has 0 radical (unpaired) electrons. The average molecular weight is 502 g/mol. The summed E-state index contributed by atoms with van der Waals surface area (Å²) in [5, 5.41) is 11.7. The van der Waals surface area contributed by atoms with Crippen molar-refractivity contribution >= 4 is 23.6 Å².